The molecule has 2 aliphatic rings. The van der Waals surface area contributed by atoms with Gasteiger partial charge in [0, 0.05) is 52.3 Å². The number of aromatic nitrogens is 2. The summed E-state index contributed by atoms with van der Waals surface area (Å²) < 4.78 is 1.35. The SMILES string of the molecule is Cn1ncc(N2CCN(CC3CC(c4ccccc4)=NO3)CC2)cc1=O. The van der Waals surface area contributed by atoms with Gasteiger partial charge in [-0.1, -0.05) is 35.5 Å². The summed E-state index contributed by atoms with van der Waals surface area (Å²) in [7, 11) is 1.66. The molecule has 0 N–H and O–H groups in total. The van der Waals surface area contributed by atoms with Crippen LogP contribution in [0.5, 0.6) is 0 Å². The fourth-order valence-corrected chi connectivity index (χ4v) is 3.44. The van der Waals surface area contributed by atoms with Crippen molar-refractivity contribution in [3.05, 3.63) is 58.5 Å². The quantitative estimate of drug-likeness (QED) is 0.824. The van der Waals surface area contributed by atoms with Gasteiger partial charge >= 0.3 is 0 Å². The molecule has 1 aromatic heterocycles. The topological polar surface area (TPSA) is 63.0 Å². The number of anilines is 1. The van der Waals surface area contributed by atoms with Crippen LogP contribution >= 0.6 is 0 Å². The molecule has 0 saturated carbocycles. The molecule has 7 nitrogen and oxygen atoms in total. The van der Waals surface area contributed by atoms with E-state index in [9.17, 15) is 4.79 Å². The summed E-state index contributed by atoms with van der Waals surface area (Å²) in [5.41, 5.74) is 2.99. The van der Waals surface area contributed by atoms with Crippen LogP contribution in [0.2, 0.25) is 0 Å². The first-order valence-corrected chi connectivity index (χ1v) is 8.98. The van der Waals surface area contributed by atoms with Crippen LogP contribution < -0.4 is 10.5 Å². The molecule has 7 heteroatoms. The first-order chi connectivity index (χ1) is 12.7. The normalized spacial score (nSPS) is 20.7. The Morgan fingerprint density at radius 3 is 2.65 bits per heavy atom. The lowest BCUT2D eigenvalue weighted by molar-refractivity contribution is 0.0510. The van der Waals surface area contributed by atoms with Gasteiger partial charge in [0.1, 0.15) is 6.10 Å². The van der Waals surface area contributed by atoms with Gasteiger partial charge in [-0.25, -0.2) is 4.68 Å². The van der Waals surface area contributed by atoms with Crippen LogP contribution in [-0.4, -0.2) is 59.2 Å². The Morgan fingerprint density at radius 1 is 1.15 bits per heavy atom. The lowest BCUT2D eigenvalue weighted by atomic mass is 10.0. The van der Waals surface area contributed by atoms with Gasteiger partial charge in [0.15, 0.2) is 0 Å². The second kappa shape index (κ2) is 7.29. The highest BCUT2D eigenvalue weighted by atomic mass is 16.6. The first kappa shape index (κ1) is 16.8. The second-order valence-corrected chi connectivity index (χ2v) is 6.80. The van der Waals surface area contributed by atoms with Crippen LogP contribution in [0.15, 0.2) is 52.5 Å². The van der Waals surface area contributed by atoms with Crippen molar-refractivity contribution in [2.24, 2.45) is 12.2 Å². The Labute approximate surface area is 152 Å². The van der Waals surface area contributed by atoms with E-state index in [4.69, 9.17) is 4.84 Å². The van der Waals surface area contributed by atoms with E-state index in [1.807, 2.05) is 18.2 Å². The zero-order chi connectivity index (χ0) is 17.9. The molecule has 2 aromatic rings. The zero-order valence-electron chi connectivity index (χ0n) is 14.9. The molecule has 26 heavy (non-hydrogen) atoms. The van der Waals surface area contributed by atoms with Gasteiger partial charge in [-0.15, -0.1) is 0 Å². The smallest absolute Gasteiger partial charge is 0.268 e. The summed E-state index contributed by atoms with van der Waals surface area (Å²) in [6.45, 7) is 4.52. The van der Waals surface area contributed by atoms with Gasteiger partial charge in [0.2, 0.25) is 0 Å². The van der Waals surface area contributed by atoms with Crippen molar-refractivity contribution in [1.82, 2.24) is 14.7 Å². The third kappa shape index (κ3) is 3.62. The second-order valence-electron chi connectivity index (χ2n) is 6.80. The van der Waals surface area contributed by atoms with E-state index in [0.717, 1.165) is 56.1 Å². The molecule has 0 radical (unpaired) electrons. The van der Waals surface area contributed by atoms with Gasteiger partial charge in [0.05, 0.1) is 17.6 Å². The van der Waals surface area contributed by atoms with Crippen molar-refractivity contribution in [2.45, 2.75) is 12.5 Å². The molecule has 2 aliphatic heterocycles. The highest BCUT2D eigenvalue weighted by Crippen LogP contribution is 2.19. The zero-order valence-corrected chi connectivity index (χ0v) is 14.9. The minimum atomic E-state index is -0.0742. The summed E-state index contributed by atoms with van der Waals surface area (Å²) in [5, 5.41) is 8.37. The van der Waals surface area contributed by atoms with E-state index >= 15 is 0 Å². The van der Waals surface area contributed by atoms with Crippen LogP contribution in [0, 0.1) is 0 Å². The fraction of sp³-hybridized carbons (Fsp3) is 0.421. The standard InChI is InChI=1S/C19H23N5O2/c1-22-19(25)11-16(13-20-22)24-9-7-23(8-10-24)14-17-12-18(21-26-17)15-5-3-2-4-6-15/h2-6,11,13,17H,7-10,12,14H2,1H3. The number of benzene rings is 1. The van der Waals surface area contributed by atoms with E-state index in [1.165, 1.54) is 4.68 Å². The van der Waals surface area contributed by atoms with E-state index in [0.29, 0.717) is 0 Å². The number of rotatable bonds is 4. The maximum atomic E-state index is 11.8. The Kier molecular flexibility index (Phi) is 4.71. The Hall–Kier alpha value is -2.67. The molecule has 1 aromatic carbocycles. The summed E-state index contributed by atoms with van der Waals surface area (Å²) in [6, 6.07) is 11.9. The molecule has 1 atom stereocenters. The number of oxime groups is 1. The molecular weight excluding hydrogens is 330 g/mol. The molecule has 1 saturated heterocycles. The number of piperazine rings is 1. The van der Waals surface area contributed by atoms with E-state index in [2.05, 4.69) is 32.2 Å². The monoisotopic (exact) mass is 353 g/mol. The van der Waals surface area contributed by atoms with Crippen molar-refractivity contribution in [2.75, 3.05) is 37.6 Å². The average molecular weight is 353 g/mol. The van der Waals surface area contributed by atoms with Gasteiger partial charge in [0.25, 0.3) is 5.56 Å². The Balaban J connectivity index is 1.28. The van der Waals surface area contributed by atoms with Crippen molar-refractivity contribution in [3.63, 3.8) is 0 Å². The number of hydrogen-bond acceptors (Lipinski definition) is 6. The van der Waals surface area contributed by atoms with Crippen LogP contribution in [0.1, 0.15) is 12.0 Å². The van der Waals surface area contributed by atoms with Crippen molar-refractivity contribution >= 4 is 11.4 Å². The summed E-state index contributed by atoms with van der Waals surface area (Å²) in [4.78, 5) is 22.0. The van der Waals surface area contributed by atoms with Crippen molar-refractivity contribution in [1.29, 1.82) is 0 Å². The molecule has 1 fully saturated rings. The summed E-state index contributed by atoms with van der Waals surface area (Å²) in [5.74, 6) is 0. The lowest BCUT2D eigenvalue weighted by Crippen LogP contribution is -2.49. The number of nitrogens with zero attached hydrogens (tertiary/aromatic N) is 5. The predicted octanol–water partition coefficient (Wildman–Crippen LogP) is 1.10. The van der Waals surface area contributed by atoms with Gasteiger partial charge < -0.3 is 9.74 Å². The lowest BCUT2D eigenvalue weighted by Gasteiger charge is -2.36. The first-order valence-electron chi connectivity index (χ1n) is 8.98. The van der Waals surface area contributed by atoms with Crippen LogP contribution in [0.3, 0.4) is 0 Å². The van der Waals surface area contributed by atoms with Crippen LogP contribution in [0.4, 0.5) is 5.69 Å². The third-order valence-electron chi connectivity index (χ3n) is 4.99. The minimum absolute atomic E-state index is 0.0742. The third-order valence-corrected chi connectivity index (χ3v) is 4.99. The van der Waals surface area contributed by atoms with Gasteiger partial charge in [-0.3, -0.25) is 9.69 Å². The molecule has 0 bridgehead atoms. The fourth-order valence-electron chi connectivity index (χ4n) is 3.44. The average Bonchev–Trinajstić information content (AvgIpc) is 3.14. The summed E-state index contributed by atoms with van der Waals surface area (Å²) in [6.07, 6.45) is 2.72. The molecule has 1 unspecified atom stereocenters. The number of aryl methyl sites for hydroxylation is 1. The summed E-state index contributed by atoms with van der Waals surface area (Å²) >= 11 is 0. The molecule has 0 amide bonds. The largest absolute Gasteiger partial charge is 0.390 e. The maximum Gasteiger partial charge on any atom is 0.268 e. The number of hydrogen-bond donors (Lipinski definition) is 0. The molecule has 4 rings (SSSR count). The Bertz CT molecular complexity index is 841. The van der Waals surface area contributed by atoms with Gasteiger partial charge in [-0.2, -0.15) is 5.10 Å². The van der Waals surface area contributed by atoms with Crippen molar-refractivity contribution in [3.8, 4) is 0 Å². The minimum Gasteiger partial charge on any atom is -0.390 e. The van der Waals surface area contributed by atoms with Crippen LogP contribution in [0.25, 0.3) is 0 Å². The molecule has 0 spiro atoms. The predicted molar refractivity (Wildman–Crippen MR) is 101 cm³/mol. The maximum absolute atomic E-state index is 11.8. The molecular formula is C19H23N5O2. The molecule has 0 aliphatic carbocycles. The van der Waals surface area contributed by atoms with E-state index in [1.54, 1.807) is 19.3 Å². The van der Waals surface area contributed by atoms with Crippen LogP contribution in [-0.2, 0) is 11.9 Å². The molecule has 136 valence electrons. The van der Waals surface area contributed by atoms with Crippen molar-refractivity contribution < 1.29 is 4.84 Å². The van der Waals surface area contributed by atoms with E-state index in [-0.39, 0.29) is 11.7 Å². The Morgan fingerprint density at radius 2 is 1.92 bits per heavy atom. The van der Waals surface area contributed by atoms with Gasteiger partial charge in [-0.05, 0) is 5.56 Å². The highest BCUT2D eigenvalue weighted by molar-refractivity contribution is 6.01. The highest BCUT2D eigenvalue weighted by Gasteiger charge is 2.26. The molecule has 3 heterocycles. The van der Waals surface area contributed by atoms with E-state index < -0.39 is 0 Å².